The molecule has 7 nitrogen and oxygen atoms in total. The summed E-state index contributed by atoms with van der Waals surface area (Å²) in [5, 5.41) is 16.6. The molecule has 0 radical (unpaired) electrons. The van der Waals surface area contributed by atoms with Crippen molar-refractivity contribution in [2.24, 2.45) is 0 Å². The van der Waals surface area contributed by atoms with Crippen LogP contribution in [-0.4, -0.2) is 23.5 Å². The molecule has 0 aromatic heterocycles. The van der Waals surface area contributed by atoms with E-state index in [4.69, 9.17) is 4.74 Å². The van der Waals surface area contributed by atoms with Crippen molar-refractivity contribution in [3.63, 3.8) is 0 Å². The molecule has 0 spiro atoms. The molecular weight excluding hydrogens is 346 g/mol. The van der Waals surface area contributed by atoms with E-state index in [9.17, 15) is 14.9 Å². The average molecular weight is 371 g/mol. The molecule has 7 heteroatoms. The Bertz CT molecular complexity index is 743. The first-order valence-corrected chi connectivity index (χ1v) is 8.94. The Morgan fingerprint density at radius 1 is 1.11 bits per heavy atom. The maximum absolute atomic E-state index is 11.9. The van der Waals surface area contributed by atoms with Crippen molar-refractivity contribution >= 4 is 17.3 Å². The number of non-ortho nitro benzene ring substituents is 1. The number of hydrogen-bond donors (Lipinski definition) is 2. The molecule has 2 aromatic carbocycles. The molecule has 0 aliphatic rings. The Labute approximate surface area is 158 Å². The summed E-state index contributed by atoms with van der Waals surface area (Å²) in [6.45, 7) is 5.05. The molecule has 0 aliphatic heterocycles. The summed E-state index contributed by atoms with van der Waals surface area (Å²) >= 11 is 0. The Balaban J connectivity index is 1.64. The van der Waals surface area contributed by atoms with Gasteiger partial charge in [-0.3, -0.25) is 14.9 Å². The van der Waals surface area contributed by atoms with Gasteiger partial charge in [-0.25, -0.2) is 0 Å². The lowest BCUT2D eigenvalue weighted by molar-refractivity contribution is -0.384. The number of rotatable bonds is 10. The van der Waals surface area contributed by atoms with Gasteiger partial charge in [0.2, 0.25) is 5.91 Å². The number of anilines is 1. The fraction of sp³-hybridized carbons (Fsp3) is 0.350. The van der Waals surface area contributed by atoms with Crippen molar-refractivity contribution in [3.05, 3.63) is 64.2 Å². The predicted octanol–water partition coefficient (Wildman–Crippen LogP) is 3.89. The average Bonchev–Trinajstić information content (AvgIpc) is 2.64. The van der Waals surface area contributed by atoms with Crippen LogP contribution >= 0.6 is 0 Å². The summed E-state index contributed by atoms with van der Waals surface area (Å²) in [5.74, 6) is 0.806. The second-order valence-corrected chi connectivity index (χ2v) is 6.42. The minimum absolute atomic E-state index is 0.0111. The SMILES string of the molecule is CC(C)Oc1ccc(CNC(=O)CCCNc2ccc([N+](=O)[O-])cc2)cc1. The monoisotopic (exact) mass is 371 g/mol. The van der Waals surface area contributed by atoms with E-state index in [-0.39, 0.29) is 17.7 Å². The first-order chi connectivity index (χ1) is 12.9. The van der Waals surface area contributed by atoms with Crippen LogP contribution in [0.2, 0.25) is 0 Å². The van der Waals surface area contributed by atoms with E-state index in [1.165, 1.54) is 12.1 Å². The smallest absolute Gasteiger partial charge is 0.269 e. The summed E-state index contributed by atoms with van der Waals surface area (Å²) < 4.78 is 5.59. The molecule has 0 bridgehead atoms. The van der Waals surface area contributed by atoms with Gasteiger partial charge in [0.15, 0.2) is 0 Å². The van der Waals surface area contributed by atoms with Crippen molar-refractivity contribution in [3.8, 4) is 5.75 Å². The zero-order valence-corrected chi connectivity index (χ0v) is 15.6. The Hall–Kier alpha value is -3.09. The van der Waals surface area contributed by atoms with E-state index >= 15 is 0 Å². The number of hydrogen-bond acceptors (Lipinski definition) is 5. The van der Waals surface area contributed by atoms with Crippen LogP contribution in [0.3, 0.4) is 0 Å². The number of amides is 1. The maximum atomic E-state index is 11.9. The van der Waals surface area contributed by atoms with E-state index in [1.54, 1.807) is 12.1 Å². The highest BCUT2D eigenvalue weighted by Crippen LogP contribution is 2.15. The number of nitro benzene ring substituents is 1. The lowest BCUT2D eigenvalue weighted by atomic mass is 10.2. The van der Waals surface area contributed by atoms with Gasteiger partial charge in [-0.1, -0.05) is 12.1 Å². The molecule has 0 fully saturated rings. The minimum Gasteiger partial charge on any atom is -0.491 e. The molecule has 1 amide bonds. The number of carbonyl (C=O) groups excluding carboxylic acids is 1. The van der Waals surface area contributed by atoms with E-state index < -0.39 is 4.92 Å². The van der Waals surface area contributed by atoms with Gasteiger partial charge < -0.3 is 15.4 Å². The number of nitro groups is 1. The molecule has 144 valence electrons. The first kappa shape index (κ1) is 20.2. The molecular formula is C20H25N3O4. The highest BCUT2D eigenvalue weighted by molar-refractivity contribution is 5.75. The molecule has 0 saturated heterocycles. The zero-order valence-electron chi connectivity index (χ0n) is 15.6. The third-order valence-electron chi connectivity index (χ3n) is 3.77. The molecule has 0 saturated carbocycles. The van der Waals surface area contributed by atoms with Crippen LogP contribution in [0, 0.1) is 10.1 Å². The molecule has 2 N–H and O–H groups in total. The van der Waals surface area contributed by atoms with Crippen LogP contribution in [0.5, 0.6) is 5.75 Å². The summed E-state index contributed by atoms with van der Waals surface area (Å²) in [6, 6.07) is 13.9. The molecule has 2 aromatic rings. The Morgan fingerprint density at radius 2 is 1.78 bits per heavy atom. The maximum Gasteiger partial charge on any atom is 0.269 e. The second kappa shape index (κ2) is 10.2. The van der Waals surface area contributed by atoms with Crippen LogP contribution in [0.4, 0.5) is 11.4 Å². The van der Waals surface area contributed by atoms with E-state index in [1.807, 2.05) is 38.1 Å². The molecule has 0 heterocycles. The lowest BCUT2D eigenvalue weighted by Crippen LogP contribution is -2.23. The van der Waals surface area contributed by atoms with Gasteiger partial charge in [-0.05, 0) is 50.1 Å². The highest BCUT2D eigenvalue weighted by atomic mass is 16.6. The molecule has 0 aliphatic carbocycles. The van der Waals surface area contributed by atoms with Crippen molar-refractivity contribution in [1.29, 1.82) is 0 Å². The predicted molar refractivity (Wildman–Crippen MR) is 105 cm³/mol. The van der Waals surface area contributed by atoms with Gasteiger partial charge >= 0.3 is 0 Å². The van der Waals surface area contributed by atoms with Gasteiger partial charge in [0.25, 0.3) is 5.69 Å². The van der Waals surface area contributed by atoms with Crippen molar-refractivity contribution in [1.82, 2.24) is 5.32 Å². The second-order valence-electron chi connectivity index (χ2n) is 6.42. The third kappa shape index (κ3) is 7.35. The normalized spacial score (nSPS) is 10.5. The highest BCUT2D eigenvalue weighted by Gasteiger charge is 2.05. The number of nitrogens with zero attached hydrogens (tertiary/aromatic N) is 1. The van der Waals surface area contributed by atoms with Crippen LogP contribution in [0.15, 0.2) is 48.5 Å². The summed E-state index contributed by atoms with van der Waals surface area (Å²) in [7, 11) is 0. The number of ether oxygens (including phenoxy) is 1. The molecule has 2 rings (SSSR count). The van der Waals surface area contributed by atoms with Crippen LogP contribution in [0.1, 0.15) is 32.3 Å². The molecule has 0 atom stereocenters. The summed E-state index contributed by atoms with van der Waals surface area (Å²) in [4.78, 5) is 22.1. The zero-order chi connectivity index (χ0) is 19.6. The summed E-state index contributed by atoms with van der Waals surface area (Å²) in [6.07, 6.45) is 1.22. The quantitative estimate of drug-likeness (QED) is 0.375. The van der Waals surface area contributed by atoms with Crippen LogP contribution in [0.25, 0.3) is 0 Å². The fourth-order valence-corrected chi connectivity index (χ4v) is 2.43. The van der Waals surface area contributed by atoms with Gasteiger partial charge in [0, 0.05) is 37.3 Å². The minimum atomic E-state index is -0.432. The lowest BCUT2D eigenvalue weighted by Gasteiger charge is -2.10. The topological polar surface area (TPSA) is 93.5 Å². The van der Waals surface area contributed by atoms with Crippen LogP contribution < -0.4 is 15.4 Å². The van der Waals surface area contributed by atoms with Gasteiger partial charge in [-0.15, -0.1) is 0 Å². The van der Waals surface area contributed by atoms with Gasteiger partial charge in [-0.2, -0.15) is 0 Å². The Kier molecular flexibility index (Phi) is 7.61. The molecule has 27 heavy (non-hydrogen) atoms. The van der Waals surface area contributed by atoms with E-state index in [2.05, 4.69) is 10.6 Å². The third-order valence-corrected chi connectivity index (χ3v) is 3.77. The summed E-state index contributed by atoms with van der Waals surface area (Å²) in [5.41, 5.74) is 1.87. The van der Waals surface area contributed by atoms with Crippen molar-refractivity contribution < 1.29 is 14.5 Å². The van der Waals surface area contributed by atoms with Crippen molar-refractivity contribution in [2.45, 2.75) is 39.3 Å². The standard InChI is InChI=1S/C20H25N3O4/c1-15(2)27-19-11-5-16(6-12-19)14-22-20(24)4-3-13-21-17-7-9-18(10-8-17)23(25)26/h5-12,15,21H,3-4,13-14H2,1-2H3,(H,22,24). The first-order valence-electron chi connectivity index (χ1n) is 8.94. The fourth-order valence-electron chi connectivity index (χ4n) is 2.43. The van der Waals surface area contributed by atoms with Crippen LogP contribution in [-0.2, 0) is 11.3 Å². The number of nitrogens with one attached hydrogen (secondary N) is 2. The van der Waals surface area contributed by atoms with Gasteiger partial charge in [0.05, 0.1) is 11.0 Å². The number of carbonyl (C=O) groups is 1. The van der Waals surface area contributed by atoms with Gasteiger partial charge in [0.1, 0.15) is 5.75 Å². The van der Waals surface area contributed by atoms with E-state index in [0.717, 1.165) is 17.0 Å². The van der Waals surface area contributed by atoms with E-state index in [0.29, 0.717) is 25.9 Å². The molecule has 0 unspecified atom stereocenters. The Morgan fingerprint density at radius 3 is 2.37 bits per heavy atom. The largest absolute Gasteiger partial charge is 0.491 e. The number of benzene rings is 2. The van der Waals surface area contributed by atoms with Crippen molar-refractivity contribution in [2.75, 3.05) is 11.9 Å².